The Morgan fingerprint density at radius 3 is 2.30 bits per heavy atom. The van der Waals surface area contributed by atoms with E-state index in [0.29, 0.717) is 17.9 Å². The summed E-state index contributed by atoms with van der Waals surface area (Å²) in [7, 11) is 4.46. The Hall–Kier alpha value is -3.56. The van der Waals surface area contributed by atoms with Crippen molar-refractivity contribution in [1.82, 2.24) is 20.4 Å². The van der Waals surface area contributed by atoms with Gasteiger partial charge in [-0.15, -0.1) is 0 Å². The lowest BCUT2D eigenvalue weighted by Gasteiger charge is -2.20. The minimum absolute atomic E-state index is 0.0391. The molecule has 1 saturated carbocycles. The first-order valence-corrected chi connectivity index (χ1v) is 12.7. The van der Waals surface area contributed by atoms with Crippen molar-refractivity contribution in [1.29, 1.82) is 0 Å². The molecule has 1 aliphatic carbocycles. The number of carbonyl (C=O) groups is 3. The second-order valence-corrected chi connectivity index (χ2v) is 9.69. The van der Waals surface area contributed by atoms with Crippen LogP contribution in [-0.4, -0.2) is 61.5 Å². The highest BCUT2D eigenvalue weighted by Crippen LogP contribution is 2.41. The Labute approximate surface area is 218 Å². The summed E-state index contributed by atoms with van der Waals surface area (Å²) in [5, 5.41) is 10.3. The lowest BCUT2D eigenvalue weighted by molar-refractivity contribution is -0.141. The molecule has 10 heteroatoms. The Balaban J connectivity index is 1.89. The summed E-state index contributed by atoms with van der Waals surface area (Å²) < 4.78 is 17.7. The van der Waals surface area contributed by atoms with Crippen molar-refractivity contribution in [2.45, 2.75) is 64.5 Å². The summed E-state index contributed by atoms with van der Waals surface area (Å²) in [6.07, 6.45) is 4.79. The zero-order chi connectivity index (χ0) is 26.9. The summed E-state index contributed by atoms with van der Waals surface area (Å²) in [4.78, 5) is 37.2. The average molecular weight is 515 g/mol. The second kappa shape index (κ2) is 13.1. The fourth-order valence-corrected chi connectivity index (χ4v) is 4.78. The second-order valence-electron chi connectivity index (χ2n) is 9.69. The standard InChI is InChI=1S/C27H38N4O6/c1-17(2)13-18(14-24(32)28-16-25(33)37-5)29-27(34)20-15-21(31(30-20)19-9-6-7-10-19)26-22(35-3)11-8-12-23(26)36-4/h8,11-12,15,17-19H,6-7,9-10,13-14,16H2,1-5H3,(H,28,32)(H,29,34). The molecule has 0 bridgehead atoms. The maximum Gasteiger partial charge on any atom is 0.325 e. The smallest absolute Gasteiger partial charge is 0.325 e. The van der Waals surface area contributed by atoms with Gasteiger partial charge < -0.3 is 24.8 Å². The molecule has 37 heavy (non-hydrogen) atoms. The third kappa shape index (κ3) is 7.24. The van der Waals surface area contributed by atoms with Crippen LogP contribution in [-0.2, 0) is 14.3 Å². The number of nitrogens with zero attached hydrogens (tertiary/aromatic N) is 2. The van der Waals surface area contributed by atoms with Crippen LogP contribution < -0.4 is 20.1 Å². The molecular formula is C27H38N4O6. The maximum absolute atomic E-state index is 13.4. The number of hydrogen-bond donors (Lipinski definition) is 2. The Kier molecular flexibility index (Phi) is 9.93. The number of rotatable bonds is 12. The van der Waals surface area contributed by atoms with Gasteiger partial charge in [0.25, 0.3) is 5.91 Å². The molecule has 1 aliphatic rings. The summed E-state index contributed by atoms with van der Waals surface area (Å²) in [5.74, 6) is 0.263. The van der Waals surface area contributed by atoms with Crippen LogP contribution in [0, 0.1) is 5.92 Å². The monoisotopic (exact) mass is 514 g/mol. The van der Waals surface area contributed by atoms with Gasteiger partial charge in [-0.25, -0.2) is 0 Å². The van der Waals surface area contributed by atoms with Gasteiger partial charge in [0.1, 0.15) is 18.0 Å². The Morgan fingerprint density at radius 1 is 1.08 bits per heavy atom. The highest BCUT2D eigenvalue weighted by Gasteiger charge is 2.28. The lowest BCUT2D eigenvalue weighted by atomic mass is 10.0. The van der Waals surface area contributed by atoms with Crippen LogP contribution in [0.25, 0.3) is 11.3 Å². The fraction of sp³-hybridized carbons (Fsp3) is 0.556. The van der Waals surface area contributed by atoms with Crippen LogP contribution in [0.15, 0.2) is 24.3 Å². The number of nitrogens with one attached hydrogen (secondary N) is 2. The number of carbonyl (C=O) groups excluding carboxylic acids is 3. The quantitative estimate of drug-likeness (QED) is 0.416. The first kappa shape index (κ1) is 28.0. The zero-order valence-corrected chi connectivity index (χ0v) is 22.3. The first-order valence-electron chi connectivity index (χ1n) is 12.7. The molecule has 0 aliphatic heterocycles. The number of hydrogen-bond acceptors (Lipinski definition) is 7. The molecule has 1 unspecified atom stereocenters. The van der Waals surface area contributed by atoms with Crippen LogP contribution in [0.2, 0.25) is 0 Å². The first-order chi connectivity index (χ1) is 17.8. The molecule has 2 N–H and O–H groups in total. The van der Waals surface area contributed by atoms with E-state index in [9.17, 15) is 14.4 Å². The Bertz CT molecular complexity index is 1070. The van der Waals surface area contributed by atoms with E-state index in [1.54, 1.807) is 20.3 Å². The summed E-state index contributed by atoms with van der Waals surface area (Å²) >= 11 is 0. The molecule has 0 radical (unpaired) electrons. The van der Waals surface area contributed by atoms with Crippen LogP contribution >= 0.6 is 0 Å². The predicted octanol–water partition coefficient (Wildman–Crippen LogP) is 3.51. The molecule has 10 nitrogen and oxygen atoms in total. The van der Waals surface area contributed by atoms with Crippen molar-refractivity contribution in [2.75, 3.05) is 27.9 Å². The van der Waals surface area contributed by atoms with Gasteiger partial charge in [0.15, 0.2) is 5.69 Å². The van der Waals surface area contributed by atoms with Crippen LogP contribution in [0.1, 0.15) is 68.9 Å². The van der Waals surface area contributed by atoms with E-state index in [2.05, 4.69) is 15.4 Å². The molecule has 1 fully saturated rings. The third-order valence-corrected chi connectivity index (χ3v) is 6.50. The van der Waals surface area contributed by atoms with Crippen molar-refractivity contribution in [3.05, 3.63) is 30.0 Å². The minimum atomic E-state index is -0.533. The van der Waals surface area contributed by atoms with E-state index in [1.165, 1.54) is 7.11 Å². The summed E-state index contributed by atoms with van der Waals surface area (Å²) in [5.41, 5.74) is 1.76. The van der Waals surface area contributed by atoms with Gasteiger partial charge in [-0.3, -0.25) is 19.1 Å². The van der Waals surface area contributed by atoms with Crippen LogP contribution in [0.3, 0.4) is 0 Å². The number of methoxy groups -OCH3 is 3. The van der Waals surface area contributed by atoms with Crippen molar-refractivity contribution in [3.63, 3.8) is 0 Å². The average Bonchev–Trinajstić information content (AvgIpc) is 3.56. The molecule has 2 aromatic rings. The highest BCUT2D eigenvalue weighted by atomic mass is 16.5. The zero-order valence-electron chi connectivity index (χ0n) is 22.3. The Morgan fingerprint density at radius 2 is 1.73 bits per heavy atom. The molecule has 1 aromatic carbocycles. The van der Waals surface area contributed by atoms with Crippen molar-refractivity contribution in [3.8, 4) is 22.8 Å². The summed E-state index contributed by atoms with van der Waals surface area (Å²) in [6.45, 7) is 3.83. The molecule has 0 spiro atoms. The van der Waals surface area contributed by atoms with Gasteiger partial charge in [-0.2, -0.15) is 5.10 Å². The highest BCUT2D eigenvalue weighted by molar-refractivity contribution is 5.94. The molecule has 0 saturated heterocycles. The minimum Gasteiger partial charge on any atom is -0.496 e. The van der Waals surface area contributed by atoms with Crippen molar-refractivity contribution in [2.24, 2.45) is 5.92 Å². The largest absolute Gasteiger partial charge is 0.496 e. The predicted molar refractivity (Wildman–Crippen MR) is 139 cm³/mol. The molecule has 1 aromatic heterocycles. The fourth-order valence-electron chi connectivity index (χ4n) is 4.78. The topological polar surface area (TPSA) is 121 Å². The maximum atomic E-state index is 13.4. The molecule has 1 atom stereocenters. The van der Waals surface area contributed by atoms with Crippen molar-refractivity contribution >= 4 is 17.8 Å². The number of esters is 1. The van der Waals surface area contributed by atoms with Gasteiger partial charge in [0, 0.05) is 12.5 Å². The SMILES string of the molecule is COC(=O)CNC(=O)CC(CC(C)C)NC(=O)c1cc(-c2c(OC)cccc2OC)n(C2CCCC2)n1. The van der Waals surface area contributed by atoms with Gasteiger partial charge in [-0.05, 0) is 43.4 Å². The molecular weight excluding hydrogens is 476 g/mol. The summed E-state index contributed by atoms with van der Waals surface area (Å²) in [6, 6.07) is 7.07. The number of amides is 2. The van der Waals surface area contributed by atoms with Crippen LogP contribution in [0.5, 0.6) is 11.5 Å². The molecule has 3 rings (SSSR count). The van der Waals surface area contributed by atoms with Gasteiger partial charge in [0.2, 0.25) is 5.91 Å². The van der Waals surface area contributed by atoms with E-state index in [0.717, 1.165) is 36.9 Å². The molecule has 2 amide bonds. The molecule has 1 heterocycles. The van der Waals surface area contributed by atoms with Crippen LogP contribution in [0.4, 0.5) is 0 Å². The number of benzene rings is 1. The van der Waals surface area contributed by atoms with Crippen molar-refractivity contribution < 1.29 is 28.6 Å². The van der Waals surface area contributed by atoms with E-state index >= 15 is 0 Å². The van der Waals surface area contributed by atoms with Gasteiger partial charge in [0.05, 0.1) is 38.6 Å². The van der Waals surface area contributed by atoms with E-state index in [-0.39, 0.29) is 42.4 Å². The van der Waals surface area contributed by atoms with E-state index in [4.69, 9.17) is 14.6 Å². The molecule has 202 valence electrons. The van der Waals surface area contributed by atoms with Gasteiger partial charge in [-0.1, -0.05) is 32.8 Å². The normalized spacial score (nSPS) is 14.3. The lowest BCUT2D eigenvalue weighted by Crippen LogP contribution is -2.41. The third-order valence-electron chi connectivity index (χ3n) is 6.50. The van der Waals surface area contributed by atoms with E-state index < -0.39 is 12.0 Å². The number of aromatic nitrogens is 2. The van der Waals surface area contributed by atoms with Gasteiger partial charge >= 0.3 is 5.97 Å². The van der Waals surface area contributed by atoms with E-state index in [1.807, 2.05) is 36.7 Å². The number of ether oxygens (including phenoxy) is 3.